The Balaban J connectivity index is 2.65. The summed E-state index contributed by atoms with van der Waals surface area (Å²) in [5.74, 6) is -0.130. The predicted octanol–water partition coefficient (Wildman–Crippen LogP) is 2.96. The lowest BCUT2D eigenvalue weighted by atomic mass is 10.1. The van der Waals surface area contributed by atoms with Gasteiger partial charge in [-0.2, -0.15) is 0 Å². The van der Waals surface area contributed by atoms with Crippen LogP contribution >= 0.6 is 34.8 Å². The van der Waals surface area contributed by atoms with Crippen LogP contribution in [0.5, 0.6) is 0 Å². The van der Waals surface area contributed by atoms with Gasteiger partial charge in [0, 0.05) is 12.0 Å². The molecule has 0 amide bonds. The van der Waals surface area contributed by atoms with Crippen LogP contribution in [0.3, 0.4) is 0 Å². The van der Waals surface area contributed by atoms with E-state index in [9.17, 15) is 4.79 Å². The van der Waals surface area contributed by atoms with Gasteiger partial charge < -0.3 is 5.73 Å². The molecule has 0 aliphatic carbocycles. The summed E-state index contributed by atoms with van der Waals surface area (Å²) in [6.07, 6.45) is 0.0144. The number of ketones is 1. The molecule has 2 nitrogen and oxygen atoms in total. The molecule has 0 aromatic heterocycles. The van der Waals surface area contributed by atoms with Crippen molar-refractivity contribution in [3.63, 3.8) is 0 Å². The highest BCUT2D eigenvalue weighted by Gasteiger charge is 2.31. The summed E-state index contributed by atoms with van der Waals surface area (Å²) in [6.45, 7) is 0. The molecule has 1 aromatic rings. The standard InChI is InChI=1S/C10H10Cl3NO/c11-10(12,13)9(14)6-8(15)7-4-2-1-3-5-7/h1-5,9H,6,14H2. The summed E-state index contributed by atoms with van der Waals surface area (Å²) in [4.78, 5) is 11.6. The van der Waals surface area contributed by atoms with Gasteiger partial charge in [0.25, 0.3) is 0 Å². The molecule has 0 aliphatic rings. The SMILES string of the molecule is NC(CC(=O)c1ccccc1)C(Cl)(Cl)Cl. The van der Waals surface area contributed by atoms with E-state index in [1.54, 1.807) is 24.3 Å². The van der Waals surface area contributed by atoms with Gasteiger partial charge in [0.2, 0.25) is 3.79 Å². The van der Waals surface area contributed by atoms with E-state index in [0.717, 1.165) is 0 Å². The summed E-state index contributed by atoms with van der Waals surface area (Å²) in [7, 11) is 0. The third-order valence-corrected chi connectivity index (χ3v) is 2.76. The highest BCUT2D eigenvalue weighted by Crippen LogP contribution is 2.31. The van der Waals surface area contributed by atoms with E-state index >= 15 is 0 Å². The molecule has 0 bridgehead atoms. The van der Waals surface area contributed by atoms with Crippen LogP contribution in [0.15, 0.2) is 30.3 Å². The van der Waals surface area contributed by atoms with Gasteiger partial charge >= 0.3 is 0 Å². The molecular weight excluding hydrogens is 256 g/mol. The van der Waals surface area contributed by atoms with Crippen molar-refractivity contribution in [2.75, 3.05) is 0 Å². The number of nitrogens with two attached hydrogens (primary N) is 1. The first kappa shape index (κ1) is 12.8. The monoisotopic (exact) mass is 265 g/mol. The lowest BCUT2D eigenvalue weighted by Gasteiger charge is -2.18. The number of halogens is 3. The zero-order valence-corrected chi connectivity index (χ0v) is 10.1. The Kier molecular flexibility index (Phi) is 4.41. The normalized spacial score (nSPS) is 13.6. The maximum Gasteiger partial charge on any atom is 0.205 e. The Morgan fingerprint density at radius 3 is 2.27 bits per heavy atom. The minimum atomic E-state index is -1.61. The van der Waals surface area contributed by atoms with Crippen molar-refractivity contribution < 1.29 is 4.79 Å². The van der Waals surface area contributed by atoms with Gasteiger partial charge in [0.1, 0.15) is 0 Å². The Hall–Kier alpha value is -0.280. The van der Waals surface area contributed by atoms with Gasteiger partial charge in [-0.15, -0.1) is 0 Å². The Morgan fingerprint density at radius 1 is 1.27 bits per heavy atom. The smallest absolute Gasteiger partial charge is 0.205 e. The molecule has 0 saturated carbocycles. The highest BCUT2D eigenvalue weighted by atomic mass is 35.6. The van der Waals surface area contributed by atoms with Gasteiger partial charge in [0.05, 0.1) is 6.04 Å². The number of alkyl halides is 3. The van der Waals surface area contributed by atoms with Gasteiger partial charge in [-0.25, -0.2) is 0 Å². The number of carbonyl (C=O) groups is 1. The van der Waals surface area contributed by atoms with Crippen molar-refractivity contribution in [3.05, 3.63) is 35.9 Å². The van der Waals surface area contributed by atoms with Crippen LogP contribution in [-0.2, 0) is 0 Å². The summed E-state index contributed by atoms with van der Waals surface area (Å²) < 4.78 is -1.61. The topological polar surface area (TPSA) is 43.1 Å². The molecular formula is C10H10Cl3NO. The van der Waals surface area contributed by atoms with Crippen LogP contribution in [0.4, 0.5) is 0 Å². The van der Waals surface area contributed by atoms with Crippen molar-refractivity contribution in [2.24, 2.45) is 5.73 Å². The van der Waals surface area contributed by atoms with E-state index in [2.05, 4.69) is 0 Å². The third-order valence-electron chi connectivity index (χ3n) is 1.92. The molecule has 5 heteroatoms. The molecule has 0 heterocycles. The molecule has 2 N–H and O–H groups in total. The fourth-order valence-corrected chi connectivity index (χ4v) is 1.29. The van der Waals surface area contributed by atoms with E-state index in [4.69, 9.17) is 40.5 Å². The first-order valence-corrected chi connectivity index (χ1v) is 5.45. The quantitative estimate of drug-likeness (QED) is 0.675. The Bertz CT molecular complexity index is 334. The largest absolute Gasteiger partial charge is 0.324 e. The minimum Gasteiger partial charge on any atom is -0.324 e. The molecule has 82 valence electrons. The number of carbonyl (C=O) groups excluding carboxylic acids is 1. The van der Waals surface area contributed by atoms with E-state index in [1.807, 2.05) is 6.07 Å². The van der Waals surface area contributed by atoms with Crippen molar-refractivity contribution in [1.29, 1.82) is 0 Å². The average molecular weight is 267 g/mol. The van der Waals surface area contributed by atoms with E-state index in [0.29, 0.717) is 5.56 Å². The van der Waals surface area contributed by atoms with Gasteiger partial charge in [-0.1, -0.05) is 65.1 Å². The van der Waals surface area contributed by atoms with E-state index in [-0.39, 0.29) is 12.2 Å². The lowest BCUT2D eigenvalue weighted by molar-refractivity contribution is 0.0975. The number of rotatable bonds is 3. The Morgan fingerprint density at radius 2 is 1.80 bits per heavy atom. The summed E-state index contributed by atoms with van der Waals surface area (Å²) in [5, 5.41) is 0. The number of benzene rings is 1. The number of Topliss-reactive ketones (excluding diaryl/α,β-unsaturated/α-hetero) is 1. The molecule has 0 aliphatic heterocycles. The van der Waals surface area contributed by atoms with Crippen LogP contribution in [0.2, 0.25) is 0 Å². The zero-order chi connectivity index (χ0) is 11.5. The molecule has 15 heavy (non-hydrogen) atoms. The van der Waals surface area contributed by atoms with E-state index < -0.39 is 9.83 Å². The minimum absolute atomic E-state index is 0.0144. The third kappa shape index (κ3) is 3.99. The van der Waals surface area contributed by atoms with Crippen LogP contribution in [-0.4, -0.2) is 15.6 Å². The first-order valence-electron chi connectivity index (χ1n) is 4.32. The molecule has 0 radical (unpaired) electrons. The van der Waals surface area contributed by atoms with Crippen molar-refractivity contribution in [2.45, 2.75) is 16.3 Å². The summed E-state index contributed by atoms with van der Waals surface area (Å²) in [5.41, 5.74) is 6.14. The number of hydrogen-bond donors (Lipinski definition) is 1. The van der Waals surface area contributed by atoms with Crippen molar-refractivity contribution in [3.8, 4) is 0 Å². The van der Waals surface area contributed by atoms with Gasteiger partial charge in [-0.05, 0) is 0 Å². The molecule has 0 fully saturated rings. The molecule has 0 saturated heterocycles. The van der Waals surface area contributed by atoms with Crippen LogP contribution < -0.4 is 5.73 Å². The zero-order valence-electron chi connectivity index (χ0n) is 7.79. The second-order valence-corrected chi connectivity index (χ2v) is 5.51. The second-order valence-electron chi connectivity index (χ2n) is 3.14. The molecule has 1 atom stereocenters. The molecule has 1 unspecified atom stereocenters. The first-order chi connectivity index (χ1) is 6.91. The van der Waals surface area contributed by atoms with Crippen LogP contribution in [0.25, 0.3) is 0 Å². The van der Waals surface area contributed by atoms with Crippen LogP contribution in [0.1, 0.15) is 16.8 Å². The lowest BCUT2D eigenvalue weighted by Crippen LogP contribution is -2.36. The maximum absolute atomic E-state index is 11.6. The highest BCUT2D eigenvalue weighted by molar-refractivity contribution is 6.68. The molecule has 0 spiro atoms. The fraction of sp³-hybridized carbons (Fsp3) is 0.300. The Labute approximate surface area is 103 Å². The van der Waals surface area contributed by atoms with Gasteiger partial charge in [-0.3, -0.25) is 4.79 Å². The fourth-order valence-electron chi connectivity index (χ4n) is 1.06. The van der Waals surface area contributed by atoms with Crippen molar-refractivity contribution >= 4 is 40.6 Å². The number of hydrogen-bond acceptors (Lipinski definition) is 2. The molecule has 1 rings (SSSR count). The summed E-state index contributed by atoms with van der Waals surface area (Å²) in [6, 6.07) is 7.98. The molecule has 1 aromatic carbocycles. The second kappa shape index (κ2) is 5.17. The summed E-state index contributed by atoms with van der Waals surface area (Å²) >= 11 is 16.7. The van der Waals surface area contributed by atoms with Crippen molar-refractivity contribution in [1.82, 2.24) is 0 Å². The average Bonchev–Trinajstić information content (AvgIpc) is 2.17. The maximum atomic E-state index is 11.6. The van der Waals surface area contributed by atoms with Gasteiger partial charge in [0.15, 0.2) is 5.78 Å². The predicted molar refractivity (Wildman–Crippen MR) is 63.7 cm³/mol. The van der Waals surface area contributed by atoms with E-state index in [1.165, 1.54) is 0 Å². The van der Waals surface area contributed by atoms with Crippen LogP contribution in [0, 0.1) is 0 Å².